The van der Waals surface area contributed by atoms with Gasteiger partial charge < -0.3 is 21.1 Å². The maximum absolute atomic E-state index is 13.2. The predicted octanol–water partition coefficient (Wildman–Crippen LogP) is 1.12. The molecule has 0 radical (unpaired) electrons. The molecule has 186 valence electrons. The van der Waals surface area contributed by atoms with Gasteiger partial charge >= 0.3 is 0 Å². The number of aromatic nitrogens is 3. The highest BCUT2D eigenvalue weighted by Gasteiger charge is 2.24. The Morgan fingerprint density at radius 3 is 2.65 bits per heavy atom. The summed E-state index contributed by atoms with van der Waals surface area (Å²) in [5.74, 6) is -1.26. The molecule has 2 aromatic carbocycles. The number of benzene rings is 2. The SMILES string of the molecule is NC(=O)[C@H](NC(=O)c1cc(C(=O)NCc2ccc3c(c2)CC(=O)CO3)nc2ccnn12)c1ccccc1. The van der Waals surface area contributed by atoms with Crippen LogP contribution in [0.25, 0.3) is 5.65 Å². The van der Waals surface area contributed by atoms with Crippen molar-refractivity contribution < 1.29 is 23.9 Å². The highest BCUT2D eigenvalue weighted by atomic mass is 16.5. The fourth-order valence-corrected chi connectivity index (χ4v) is 4.08. The number of ketones is 1. The zero-order valence-electron chi connectivity index (χ0n) is 19.5. The minimum Gasteiger partial charge on any atom is -0.486 e. The van der Waals surface area contributed by atoms with Gasteiger partial charge in [-0.15, -0.1) is 0 Å². The monoisotopic (exact) mass is 498 g/mol. The van der Waals surface area contributed by atoms with E-state index in [9.17, 15) is 19.2 Å². The van der Waals surface area contributed by atoms with Gasteiger partial charge in [-0.1, -0.05) is 36.4 Å². The number of ether oxygens (including phenoxy) is 1. The largest absolute Gasteiger partial charge is 0.486 e. The second kappa shape index (κ2) is 9.90. The number of rotatable bonds is 7. The molecule has 4 aromatic rings. The van der Waals surface area contributed by atoms with Crippen LogP contribution in [0.3, 0.4) is 0 Å². The van der Waals surface area contributed by atoms with E-state index in [-0.39, 0.29) is 42.4 Å². The van der Waals surface area contributed by atoms with E-state index >= 15 is 0 Å². The summed E-state index contributed by atoms with van der Waals surface area (Å²) >= 11 is 0. The maximum Gasteiger partial charge on any atom is 0.271 e. The molecule has 0 unspecified atom stereocenters. The Balaban J connectivity index is 1.36. The molecule has 1 atom stereocenters. The number of Topliss-reactive ketones (excluding diaryl/α,β-unsaturated/α-hetero) is 1. The van der Waals surface area contributed by atoms with Crippen LogP contribution >= 0.6 is 0 Å². The second-order valence-corrected chi connectivity index (χ2v) is 8.48. The lowest BCUT2D eigenvalue weighted by atomic mass is 10.0. The van der Waals surface area contributed by atoms with Crippen molar-refractivity contribution in [3.8, 4) is 5.75 Å². The molecule has 2 aromatic heterocycles. The molecule has 5 rings (SSSR count). The third kappa shape index (κ3) is 5.01. The maximum atomic E-state index is 13.2. The Morgan fingerprint density at radius 2 is 1.86 bits per heavy atom. The smallest absolute Gasteiger partial charge is 0.271 e. The minimum atomic E-state index is -1.08. The third-order valence-corrected chi connectivity index (χ3v) is 5.87. The van der Waals surface area contributed by atoms with Crippen LogP contribution in [0.1, 0.15) is 43.7 Å². The number of hydrogen-bond donors (Lipinski definition) is 3. The van der Waals surface area contributed by atoms with Crippen LogP contribution in [0.4, 0.5) is 0 Å². The Bertz CT molecular complexity index is 1530. The lowest BCUT2D eigenvalue weighted by Crippen LogP contribution is -2.38. The molecule has 1 aliphatic rings. The van der Waals surface area contributed by atoms with Crippen molar-refractivity contribution in [1.82, 2.24) is 25.2 Å². The number of fused-ring (bicyclic) bond motifs is 2. The quantitative estimate of drug-likeness (QED) is 0.344. The molecule has 11 heteroatoms. The second-order valence-electron chi connectivity index (χ2n) is 8.48. The summed E-state index contributed by atoms with van der Waals surface area (Å²) in [6.45, 7) is 0.235. The molecular weight excluding hydrogens is 476 g/mol. The molecule has 0 spiro atoms. The molecule has 37 heavy (non-hydrogen) atoms. The van der Waals surface area contributed by atoms with Crippen LogP contribution in [0.2, 0.25) is 0 Å². The van der Waals surface area contributed by atoms with E-state index in [1.54, 1.807) is 48.5 Å². The topological polar surface area (TPSA) is 158 Å². The molecule has 11 nitrogen and oxygen atoms in total. The predicted molar refractivity (Wildman–Crippen MR) is 131 cm³/mol. The summed E-state index contributed by atoms with van der Waals surface area (Å²) in [7, 11) is 0. The average Bonchev–Trinajstić information content (AvgIpc) is 3.38. The first-order valence-electron chi connectivity index (χ1n) is 11.4. The van der Waals surface area contributed by atoms with Crippen molar-refractivity contribution in [1.29, 1.82) is 0 Å². The molecular formula is C26H22N6O5. The lowest BCUT2D eigenvalue weighted by molar-refractivity contribution is -0.121. The van der Waals surface area contributed by atoms with Gasteiger partial charge in [-0.25, -0.2) is 9.50 Å². The number of hydrogen-bond acceptors (Lipinski definition) is 7. The summed E-state index contributed by atoms with van der Waals surface area (Å²) in [6.07, 6.45) is 1.73. The fraction of sp³-hybridized carbons (Fsp3) is 0.154. The molecule has 0 saturated carbocycles. The number of carbonyl (C=O) groups excluding carboxylic acids is 4. The van der Waals surface area contributed by atoms with E-state index in [2.05, 4.69) is 20.7 Å². The number of carbonyl (C=O) groups is 4. The first-order valence-corrected chi connectivity index (χ1v) is 11.4. The Labute approximate surface area is 210 Å². The first-order chi connectivity index (χ1) is 17.9. The van der Waals surface area contributed by atoms with Crippen LogP contribution in [0.15, 0.2) is 66.9 Å². The minimum absolute atomic E-state index is 0.00627. The zero-order valence-corrected chi connectivity index (χ0v) is 19.5. The normalized spacial score (nSPS) is 13.4. The average molecular weight is 498 g/mol. The van der Waals surface area contributed by atoms with Gasteiger partial charge in [-0.2, -0.15) is 5.10 Å². The molecule has 0 aliphatic carbocycles. The van der Waals surface area contributed by atoms with Crippen molar-refractivity contribution in [3.63, 3.8) is 0 Å². The number of nitrogens with two attached hydrogens (primary N) is 1. The standard InChI is InChI=1S/C26H22N6O5/c27-24(34)23(16-4-2-1-3-5-16)31-26(36)20-12-19(30-22-8-9-29-32(20)22)25(35)28-13-15-6-7-21-17(10-15)11-18(33)14-37-21/h1-10,12,23H,11,13-14H2,(H2,27,34)(H,28,35)(H,31,36)/t23-/m1/s1. The summed E-state index contributed by atoms with van der Waals surface area (Å²) < 4.78 is 6.68. The highest BCUT2D eigenvalue weighted by molar-refractivity contribution is 6.00. The van der Waals surface area contributed by atoms with Gasteiger partial charge in [0.15, 0.2) is 11.4 Å². The first kappa shape index (κ1) is 23.7. The molecule has 3 amide bonds. The van der Waals surface area contributed by atoms with E-state index in [1.807, 2.05) is 6.07 Å². The zero-order chi connectivity index (χ0) is 25.9. The molecule has 0 bridgehead atoms. The van der Waals surface area contributed by atoms with Crippen molar-refractivity contribution in [2.45, 2.75) is 19.0 Å². The third-order valence-electron chi connectivity index (χ3n) is 5.87. The van der Waals surface area contributed by atoms with Crippen LogP contribution in [0, 0.1) is 0 Å². The van der Waals surface area contributed by atoms with Crippen LogP contribution in [-0.4, -0.2) is 44.7 Å². The van der Waals surface area contributed by atoms with Gasteiger partial charge in [0.05, 0.1) is 6.20 Å². The Morgan fingerprint density at radius 1 is 1.05 bits per heavy atom. The molecule has 1 aliphatic heterocycles. The fourth-order valence-electron chi connectivity index (χ4n) is 4.08. The van der Waals surface area contributed by atoms with Crippen LogP contribution in [0.5, 0.6) is 5.75 Å². The van der Waals surface area contributed by atoms with Crippen molar-refractivity contribution >= 4 is 29.2 Å². The van der Waals surface area contributed by atoms with E-state index < -0.39 is 23.8 Å². The van der Waals surface area contributed by atoms with Crippen LogP contribution in [-0.2, 0) is 22.6 Å². The highest BCUT2D eigenvalue weighted by Crippen LogP contribution is 2.24. The van der Waals surface area contributed by atoms with Crippen LogP contribution < -0.4 is 21.1 Å². The molecule has 0 fully saturated rings. The van der Waals surface area contributed by atoms with Gasteiger partial charge in [0, 0.05) is 30.7 Å². The number of nitrogens with zero attached hydrogens (tertiary/aromatic N) is 3. The van der Waals surface area contributed by atoms with Crippen molar-refractivity contribution in [2.75, 3.05) is 6.61 Å². The Hall–Kier alpha value is -5.06. The van der Waals surface area contributed by atoms with Gasteiger partial charge in [0.25, 0.3) is 11.8 Å². The summed E-state index contributed by atoms with van der Waals surface area (Å²) in [6, 6.07) is 15.7. The van der Waals surface area contributed by atoms with E-state index in [4.69, 9.17) is 10.5 Å². The summed E-state index contributed by atoms with van der Waals surface area (Å²) in [4.78, 5) is 54.2. The Kier molecular flexibility index (Phi) is 6.33. The summed E-state index contributed by atoms with van der Waals surface area (Å²) in [5.41, 5.74) is 7.87. The van der Waals surface area contributed by atoms with E-state index in [1.165, 1.54) is 16.8 Å². The van der Waals surface area contributed by atoms with Crippen molar-refractivity contribution in [2.24, 2.45) is 5.73 Å². The van der Waals surface area contributed by atoms with Crippen molar-refractivity contribution in [3.05, 3.63) is 94.9 Å². The molecule has 3 heterocycles. The number of nitrogens with one attached hydrogen (secondary N) is 2. The number of amides is 3. The van der Waals surface area contributed by atoms with Gasteiger partial charge in [-0.05, 0) is 23.3 Å². The lowest BCUT2D eigenvalue weighted by Gasteiger charge is -2.17. The molecule has 0 saturated heterocycles. The van der Waals surface area contributed by atoms with E-state index in [0.717, 1.165) is 11.1 Å². The van der Waals surface area contributed by atoms with Gasteiger partial charge in [0.1, 0.15) is 29.8 Å². The van der Waals surface area contributed by atoms with Gasteiger partial charge in [-0.3, -0.25) is 19.2 Å². The summed E-state index contributed by atoms with van der Waals surface area (Å²) in [5, 5.41) is 9.50. The molecule has 4 N–H and O–H groups in total. The number of primary amides is 1. The van der Waals surface area contributed by atoms with E-state index in [0.29, 0.717) is 11.3 Å². The van der Waals surface area contributed by atoms with Gasteiger partial charge in [0.2, 0.25) is 5.91 Å².